The molecule has 4 nitrogen and oxygen atoms in total. The first-order valence-electron chi connectivity index (χ1n) is 10.1. The third-order valence-corrected chi connectivity index (χ3v) is 5.92. The first kappa shape index (κ1) is 18.5. The number of likely N-dealkylation sites (tertiary alicyclic amines) is 1. The van der Waals surface area contributed by atoms with Crippen LogP contribution < -0.4 is 10.1 Å². The van der Waals surface area contributed by atoms with E-state index in [1.165, 1.54) is 16.7 Å². The van der Waals surface area contributed by atoms with Crippen LogP contribution in [-0.4, -0.2) is 41.8 Å². The number of para-hydroxylation sites is 1. The number of aliphatic hydroxyl groups is 1. The highest BCUT2D eigenvalue weighted by Crippen LogP contribution is 2.28. The van der Waals surface area contributed by atoms with Crippen LogP contribution in [0.4, 0.5) is 0 Å². The number of ether oxygens (including phenoxy) is 1. The van der Waals surface area contributed by atoms with E-state index in [0.717, 1.165) is 51.4 Å². The second-order valence-electron chi connectivity index (χ2n) is 8.05. The fraction of sp³-hybridized carbons (Fsp3) is 0.478. The van der Waals surface area contributed by atoms with Crippen molar-refractivity contribution in [2.24, 2.45) is 5.92 Å². The highest BCUT2D eigenvalue weighted by molar-refractivity contribution is 5.35. The molecule has 144 valence electrons. The summed E-state index contributed by atoms with van der Waals surface area (Å²) in [5.74, 6) is 1.54. The molecule has 0 aliphatic carbocycles. The number of nitrogens with zero attached hydrogens (tertiary/aromatic N) is 1. The van der Waals surface area contributed by atoms with Crippen molar-refractivity contribution in [2.75, 3.05) is 19.7 Å². The summed E-state index contributed by atoms with van der Waals surface area (Å²) in [4.78, 5) is 2.32. The van der Waals surface area contributed by atoms with Gasteiger partial charge in [0, 0.05) is 38.1 Å². The molecule has 3 unspecified atom stereocenters. The molecule has 4 rings (SSSR count). The monoisotopic (exact) mass is 366 g/mol. The number of β-amino-alcohol motifs (C(OH)–C–C–N with tert-alkyl or cyclic N) is 1. The molecule has 0 spiro atoms. The van der Waals surface area contributed by atoms with E-state index in [4.69, 9.17) is 4.74 Å². The van der Waals surface area contributed by atoms with E-state index in [-0.39, 0.29) is 6.10 Å². The Morgan fingerprint density at radius 2 is 1.93 bits per heavy atom. The molecule has 2 N–H and O–H groups in total. The number of benzene rings is 2. The van der Waals surface area contributed by atoms with Crippen LogP contribution >= 0.6 is 0 Å². The molecule has 2 heterocycles. The van der Waals surface area contributed by atoms with E-state index in [1.807, 2.05) is 6.07 Å². The highest BCUT2D eigenvalue weighted by atomic mass is 16.5. The van der Waals surface area contributed by atoms with Gasteiger partial charge in [0.25, 0.3) is 0 Å². The largest absolute Gasteiger partial charge is 0.493 e. The summed E-state index contributed by atoms with van der Waals surface area (Å²) in [5.41, 5.74) is 3.95. The van der Waals surface area contributed by atoms with Crippen LogP contribution in [0.15, 0.2) is 48.5 Å². The van der Waals surface area contributed by atoms with E-state index in [1.54, 1.807) is 0 Å². The number of fused-ring (bicyclic) bond motifs is 1. The van der Waals surface area contributed by atoms with Crippen LogP contribution in [0.2, 0.25) is 0 Å². The van der Waals surface area contributed by atoms with Gasteiger partial charge in [0.15, 0.2) is 0 Å². The average molecular weight is 367 g/mol. The van der Waals surface area contributed by atoms with Gasteiger partial charge in [-0.15, -0.1) is 0 Å². The van der Waals surface area contributed by atoms with Crippen molar-refractivity contribution in [3.05, 3.63) is 65.2 Å². The fourth-order valence-electron chi connectivity index (χ4n) is 4.09. The number of hydrogen-bond acceptors (Lipinski definition) is 4. The molecular formula is C23H30N2O2. The molecule has 0 amide bonds. The lowest BCUT2D eigenvalue weighted by molar-refractivity contribution is 0.175. The lowest BCUT2D eigenvalue weighted by atomic mass is 9.91. The number of rotatable bonds is 6. The summed E-state index contributed by atoms with van der Waals surface area (Å²) >= 11 is 0. The maximum absolute atomic E-state index is 9.65. The summed E-state index contributed by atoms with van der Waals surface area (Å²) in [6.45, 7) is 6.64. The van der Waals surface area contributed by atoms with Gasteiger partial charge in [-0.1, -0.05) is 42.5 Å². The van der Waals surface area contributed by atoms with Crippen LogP contribution in [0.1, 0.15) is 30.0 Å². The number of hydrogen-bond donors (Lipinski definition) is 2. The van der Waals surface area contributed by atoms with Crippen LogP contribution in [0.25, 0.3) is 0 Å². The maximum Gasteiger partial charge on any atom is 0.122 e. The standard InChI is InChI=1S/C23H30N2O2/c1-17(21-12-20-4-2-3-5-23(20)27-16-21)24-13-18-6-8-19(9-7-18)14-25-11-10-22(26)15-25/h2-9,17,21-22,24,26H,10-16H2,1H3. The Morgan fingerprint density at radius 3 is 2.70 bits per heavy atom. The lowest BCUT2D eigenvalue weighted by Crippen LogP contribution is -2.39. The molecule has 0 saturated carbocycles. The predicted molar refractivity (Wildman–Crippen MR) is 108 cm³/mol. The van der Waals surface area contributed by atoms with Gasteiger partial charge in [0.05, 0.1) is 12.7 Å². The zero-order valence-corrected chi connectivity index (χ0v) is 16.1. The van der Waals surface area contributed by atoms with E-state index in [0.29, 0.717) is 12.0 Å². The molecule has 1 saturated heterocycles. The van der Waals surface area contributed by atoms with Crippen LogP contribution in [0.3, 0.4) is 0 Å². The van der Waals surface area contributed by atoms with Gasteiger partial charge in [-0.05, 0) is 42.5 Å². The Labute approximate surface area is 162 Å². The second-order valence-corrected chi connectivity index (χ2v) is 8.05. The normalized spacial score (nSPS) is 23.6. The minimum atomic E-state index is -0.148. The van der Waals surface area contributed by atoms with Gasteiger partial charge in [0.1, 0.15) is 5.75 Å². The Balaban J connectivity index is 1.26. The van der Waals surface area contributed by atoms with Gasteiger partial charge >= 0.3 is 0 Å². The average Bonchev–Trinajstić information content (AvgIpc) is 3.11. The summed E-state index contributed by atoms with van der Waals surface area (Å²) in [6, 6.07) is 17.6. The third-order valence-electron chi connectivity index (χ3n) is 5.92. The summed E-state index contributed by atoms with van der Waals surface area (Å²) in [7, 11) is 0. The first-order valence-corrected chi connectivity index (χ1v) is 10.1. The molecule has 0 bridgehead atoms. The van der Waals surface area contributed by atoms with Gasteiger partial charge in [-0.25, -0.2) is 0 Å². The van der Waals surface area contributed by atoms with Crippen molar-refractivity contribution in [2.45, 2.75) is 45.0 Å². The Bertz CT molecular complexity index is 746. The Kier molecular flexibility index (Phi) is 5.77. The fourth-order valence-corrected chi connectivity index (χ4v) is 4.09. The highest BCUT2D eigenvalue weighted by Gasteiger charge is 2.24. The molecule has 0 aromatic heterocycles. The van der Waals surface area contributed by atoms with Crippen LogP contribution in [0, 0.1) is 5.92 Å². The van der Waals surface area contributed by atoms with E-state index in [9.17, 15) is 5.11 Å². The van der Waals surface area contributed by atoms with Gasteiger partial charge < -0.3 is 15.2 Å². The predicted octanol–water partition coefficient (Wildman–Crippen LogP) is 2.98. The van der Waals surface area contributed by atoms with Gasteiger partial charge in [-0.2, -0.15) is 0 Å². The molecule has 2 aromatic rings. The van der Waals surface area contributed by atoms with Crippen LogP contribution in [-0.2, 0) is 19.5 Å². The van der Waals surface area contributed by atoms with Crippen molar-refractivity contribution in [1.29, 1.82) is 0 Å². The molecule has 4 heteroatoms. The van der Waals surface area contributed by atoms with E-state index in [2.05, 4.69) is 59.6 Å². The van der Waals surface area contributed by atoms with Crippen molar-refractivity contribution in [3.8, 4) is 5.75 Å². The molecule has 3 atom stereocenters. The quantitative estimate of drug-likeness (QED) is 0.825. The minimum absolute atomic E-state index is 0.148. The zero-order valence-electron chi connectivity index (χ0n) is 16.1. The Morgan fingerprint density at radius 1 is 1.15 bits per heavy atom. The van der Waals surface area contributed by atoms with Crippen molar-refractivity contribution in [3.63, 3.8) is 0 Å². The molecule has 2 aliphatic rings. The van der Waals surface area contributed by atoms with Gasteiger partial charge in [0.2, 0.25) is 0 Å². The first-order chi connectivity index (χ1) is 13.2. The zero-order chi connectivity index (χ0) is 18.6. The summed E-state index contributed by atoms with van der Waals surface area (Å²) in [6.07, 6.45) is 1.82. The molecule has 1 fully saturated rings. The van der Waals surface area contributed by atoms with Gasteiger partial charge in [-0.3, -0.25) is 4.90 Å². The van der Waals surface area contributed by atoms with Crippen molar-refractivity contribution < 1.29 is 9.84 Å². The van der Waals surface area contributed by atoms with Crippen LogP contribution in [0.5, 0.6) is 5.75 Å². The number of nitrogens with one attached hydrogen (secondary N) is 1. The summed E-state index contributed by atoms with van der Waals surface area (Å²) < 4.78 is 5.93. The molecule has 27 heavy (non-hydrogen) atoms. The lowest BCUT2D eigenvalue weighted by Gasteiger charge is -2.30. The third kappa shape index (κ3) is 4.70. The second kappa shape index (κ2) is 8.42. The van der Waals surface area contributed by atoms with E-state index < -0.39 is 0 Å². The van der Waals surface area contributed by atoms with Crippen molar-refractivity contribution >= 4 is 0 Å². The molecule has 0 radical (unpaired) electrons. The minimum Gasteiger partial charge on any atom is -0.493 e. The van der Waals surface area contributed by atoms with E-state index >= 15 is 0 Å². The molecule has 2 aliphatic heterocycles. The smallest absolute Gasteiger partial charge is 0.122 e. The molecular weight excluding hydrogens is 336 g/mol. The SMILES string of the molecule is CC(NCc1ccc(CN2CCC(O)C2)cc1)C1COc2ccccc2C1. The molecule has 2 aromatic carbocycles. The van der Waals surface area contributed by atoms with Crippen molar-refractivity contribution in [1.82, 2.24) is 10.2 Å². The number of aliphatic hydroxyl groups excluding tert-OH is 1. The maximum atomic E-state index is 9.65. The Hall–Kier alpha value is -1.88. The topological polar surface area (TPSA) is 44.7 Å². The summed E-state index contributed by atoms with van der Waals surface area (Å²) in [5, 5.41) is 13.3.